The molecule has 0 aliphatic heterocycles. The summed E-state index contributed by atoms with van der Waals surface area (Å²) in [5.74, 6) is 2.22. The molecule has 1 aromatic carbocycles. The molecule has 8 heteroatoms. The van der Waals surface area contributed by atoms with Crippen LogP contribution in [0.5, 0.6) is 11.5 Å². The van der Waals surface area contributed by atoms with Gasteiger partial charge in [0.05, 0.1) is 38.9 Å². The summed E-state index contributed by atoms with van der Waals surface area (Å²) >= 11 is 1.48. The topological polar surface area (TPSA) is 73.8 Å². The molecule has 1 N–H and O–H groups in total. The largest absolute Gasteiger partial charge is 0.493 e. The van der Waals surface area contributed by atoms with Gasteiger partial charge in [-0.3, -0.25) is 0 Å². The molecule has 0 fully saturated rings. The van der Waals surface area contributed by atoms with E-state index >= 15 is 0 Å². The number of nitrogens with zero attached hydrogens (tertiary/aromatic N) is 3. The van der Waals surface area contributed by atoms with Crippen molar-refractivity contribution >= 4 is 21.4 Å². The minimum Gasteiger partial charge on any atom is -0.493 e. The van der Waals surface area contributed by atoms with Gasteiger partial charge in [0.15, 0.2) is 11.5 Å². The van der Waals surface area contributed by atoms with Gasteiger partial charge in [0.1, 0.15) is 5.76 Å². The first-order chi connectivity index (χ1) is 12.3. The Bertz CT molecular complexity index is 959. The van der Waals surface area contributed by atoms with Crippen LogP contribution in [0.1, 0.15) is 5.76 Å². The van der Waals surface area contributed by atoms with Crippen LogP contribution < -0.4 is 14.8 Å². The molecule has 0 bridgehead atoms. The van der Waals surface area contributed by atoms with Crippen LogP contribution in [0.2, 0.25) is 0 Å². The highest BCUT2D eigenvalue weighted by molar-refractivity contribution is 7.20. The maximum atomic E-state index is 5.35. The van der Waals surface area contributed by atoms with E-state index in [1.54, 1.807) is 25.0 Å². The van der Waals surface area contributed by atoms with Crippen molar-refractivity contribution < 1.29 is 13.9 Å². The first-order valence-electron chi connectivity index (χ1n) is 7.61. The SMILES string of the molecule is COc1ccc(-c2cn3nc(NCc4ccco4)sc3n2)cc1OC. The molecule has 4 rings (SSSR count). The molecule has 0 saturated heterocycles. The first kappa shape index (κ1) is 15.5. The fourth-order valence-corrected chi connectivity index (χ4v) is 3.26. The Balaban J connectivity index is 1.56. The number of benzene rings is 1. The number of nitrogens with one attached hydrogen (secondary N) is 1. The van der Waals surface area contributed by atoms with Crippen molar-refractivity contribution in [2.75, 3.05) is 19.5 Å². The molecule has 0 saturated carbocycles. The highest BCUT2D eigenvalue weighted by Gasteiger charge is 2.12. The van der Waals surface area contributed by atoms with Gasteiger partial charge in [-0.2, -0.15) is 0 Å². The second kappa shape index (κ2) is 6.48. The molecule has 0 aliphatic carbocycles. The smallest absolute Gasteiger partial charge is 0.214 e. The van der Waals surface area contributed by atoms with Crippen LogP contribution in [0.25, 0.3) is 16.2 Å². The van der Waals surface area contributed by atoms with Crippen LogP contribution in [0, 0.1) is 0 Å². The average molecular weight is 356 g/mol. The van der Waals surface area contributed by atoms with E-state index < -0.39 is 0 Å². The Labute approximate surface area is 147 Å². The molecule has 3 heterocycles. The molecular formula is C17H16N4O3S. The lowest BCUT2D eigenvalue weighted by Crippen LogP contribution is -1.98. The Morgan fingerprint density at radius 3 is 2.80 bits per heavy atom. The van der Waals surface area contributed by atoms with Gasteiger partial charge in [0.2, 0.25) is 10.1 Å². The van der Waals surface area contributed by atoms with E-state index in [1.807, 2.05) is 36.5 Å². The van der Waals surface area contributed by atoms with Gasteiger partial charge in [-0.1, -0.05) is 11.3 Å². The lowest BCUT2D eigenvalue weighted by Gasteiger charge is -2.08. The number of anilines is 1. The zero-order chi connectivity index (χ0) is 17.2. The number of hydrogen-bond donors (Lipinski definition) is 1. The summed E-state index contributed by atoms with van der Waals surface area (Å²) < 4.78 is 17.7. The molecule has 3 aromatic heterocycles. The summed E-state index contributed by atoms with van der Waals surface area (Å²) in [5, 5.41) is 8.52. The molecule has 4 aromatic rings. The van der Waals surface area contributed by atoms with Gasteiger partial charge in [-0.05, 0) is 30.3 Å². The van der Waals surface area contributed by atoms with Crippen LogP contribution in [0.4, 0.5) is 5.13 Å². The number of furan rings is 1. The summed E-state index contributed by atoms with van der Waals surface area (Å²) in [6, 6.07) is 9.50. The molecule has 0 aliphatic rings. The number of imidazole rings is 1. The molecule has 128 valence electrons. The number of aromatic nitrogens is 3. The average Bonchev–Trinajstić information content (AvgIpc) is 3.35. The number of hydrogen-bond acceptors (Lipinski definition) is 7. The zero-order valence-electron chi connectivity index (χ0n) is 13.7. The first-order valence-corrected chi connectivity index (χ1v) is 8.43. The van der Waals surface area contributed by atoms with E-state index in [0.29, 0.717) is 18.0 Å². The minimum atomic E-state index is 0.589. The van der Waals surface area contributed by atoms with Crippen LogP contribution in [0.15, 0.2) is 47.2 Å². The second-order valence-corrected chi connectivity index (χ2v) is 6.22. The van der Waals surface area contributed by atoms with Crippen molar-refractivity contribution in [2.24, 2.45) is 0 Å². The number of methoxy groups -OCH3 is 2. The highest BCUT2D eigenvalue weighted by atomic mass is 32.1. The van der Waals surface area contributed by atoms with Crippen LogP contribution in [-0.4, -0.2) is 28.8 Å². The van der Waals surface area contributed by atoms with Crippen LogP contribution >= 0.6 is 11.3 Å². The lowest BCUT2D eigenvalue weighted by atomic mass is 10.1. The van der Waals surface area contributed by atoms with Crippen LogP contribution in [-0.2, 0) is 6.54 Å². The summed E-state index contributed by atoms with van der Waals surface area (Å²) in [6.45, 7) is 0.589. The van der Waals surface area contributed by atoms with E-state index in [-0.39, 0.29) is 0 Å². The number of fused-ring (bicyclic) bond motifs is 1. The fourth-order valence-electron chi connectivity index (χ4n) is 2.48. The Kier molecular flexibility index (Phi) is 4.02. The third-order valence-corrected chi connectivity index (χ3v) is 4.60. The van der Waals surface area contributed by atoms with Gasteiger partial charge in [0.25, 0.3) is 0 Å². The van der Waals surface area contributed by atoms with Gasteiger partial charge in [0, 0.05) is 5.56 Å². The van der Waals surface area contributed by atoms with Gasteiger partial charge < -0.3 is 19.2 Å². The lowest BCUT2D eigenvalue weighted by molar-refractivity contribution is 0.355. The van der Waals surface area contributed by atoms with E-state index in [1.165, 1.54) is 11.3 Å². The minimum absolute atomic E-state index is 0.589. The van der Waals surface area contributed by atoms with E-state index in [2.05, 4.69) is 15.4 Å². The van der Waals surface area contributed by atoms with Crippen molar-refractivity contribution in [3.63, 3.8) is 0 Å². The second-order valence-electron chi connectivity index (χ2n) is 5.26. The summed E-state index contributed by atoms with van der Waals surface area (Å²) in [5.41, 5.74) is 1.78. The quantitative estimate of drug-likeness (QED) is 0.568. The predicted octanol–water partition coefficient (Wildman–Crippen LogP) is 3.68. The Hall–Kier alpha value is -3.00. The maximum Gasteiger partial charge on any atom is 0.214 e. The standard InChI is InChI=1S/C17H16N4O3S/c1-22-14-6-5-11(8-15(14)23-2)13-10-21-17(19-13)25-16(20-21)18-9-12-4-3-7-24-12/h3-8,10H,9H2,1-2H3,(H,18,20). The molecule has 25 heavy (non-hydrogen) atoms. The third kappa shape index (κ3) is 3.03. The molecule has 0 unspecified atom stereocenters. The van der Waals surface area contributed by atoms with Crippen LogP contribution in [0.3, 0.4) is 0 Å². The summed E-state index contributed by atoms with van der Waals surface area (Å²) in [6.07, 6.45) is 3.55. The molecule has 0 atom stereocenters. The Morgan fingerprint density at radius 1 is 1.20 bits per heavy atom. The molecule has 7 nitrogen and oxygen atoms in total. The molecular weight excluding hydrogens is 340 g/mol. The zero-order valence-corrected chi connectivity index (χ0v) is 14.5. The van der Waals surface area contributed by atoms with Crippen molar-refractivity contribution in [3.8, 4) is 22.8 Å². The van der Waals surface area contributed by atoms with Crippen molar-refractivity contribution in [2.45, 2.75) is 6.54 Å². The Morgan fingerprint density at radius 2 is 2.08 bits per heavy atom. The van der Waals surface area contributed by atoms with E-state index in [0.717, 1.165) is 27.1 Å². The molecule has 0 spiro atoms. The van der Waals surface area contributed by atoms with E-state index in [9.17, 15) is 0 Å². The molecule has 0 amide bonds. The van der Waals surface area contributed by atoms with Gasteiger partial charge in [-0.15, -0.1) is 5.10 Å². The normalized spacial score (nSPS) is 11.0. The predicted molar refractivity (Wildman–Crippen MR) is 95.4 cm³/mol. The van der Waals surface area contributed by atoms with Crippen molar-refractivity contribution in [1.29, 1.82) is 0 Å². The number of rotatable bonds is 6. The van der Waals surface area contributed by atoms with E-state index in [4.69, 9.17) is 13.9 Å². The third-order valence-electron chi connectivity index (χ3n) is 3.72. The summed E-state index contributed by atoms with van der Waals surface area (Å²) in [7, 11) is 3.23. The highest BCUT2D eigenvalue weighted by Crippen LogP contribution is 2.32. The molecule has 0 radical (unpaired) electrons. The van der Waals surface area contributed by atoms with Crippen molar-refractivity contribution in [1.82, 2.24) is 14.6 Å². The van der Waals surface area contributed by atoms with Gasteiger partial charge >= 0.3 is 0 Å². The van der Waals surface area contributed by atoms with Gasteiger partial charge in [-0.25, -0.2) is 9.50 Å². The monoisotopic (exact) mass is 356 g/mol. The summed E-state index contributed by atoms with van der Waals surface area (Å²) in [4.78, 5) is 5.45. The fraction of sp³-hybridized carbons (Fsp3) is 0.176. The maximum absolute atomic E-state index is 5.35. The van der Waals surface area contributed by atoms with Crippen molar-refractivity contribution in [3.05, 3.63) is 48.6 Å². The number of ether oxygens (including phenoxy) is 2.